The van der Waals surface area contributed by atoms with E-state index >= 15 is 0 Å². The van der Waals surface area contributed by atoms with Gasteiger partial charge in [0.05, 0.1) is 12.5 Å². The first-order valence-electron chi connectivity index (χ1n) is 8.79. The first-order valence-corrected chi connectivity index (χ1v) is 8.79. The van der Waals surface area contributed by atoms with Crippen LogP contribution in [0.2, 0.25) is 0 Å². The Morgan fingerprint density at radius 1 is 1.30 bits per heavy atom. The molecule has 2 bridgehead atoms. The molecule has 23 heavy (non-hydrogen) atoms. The fourth-order valence-corrected chi connectivity index (χ4v) is 4.58. The van der Waals surface area contributed by atoms with Gasteiger partial charge in [-0.15, -0.1) is 0 Å². The Morgan fingerprint density at radius 2 is 2.00 bits per heavy atom. The summed E-state index contributed by atoms with van der Waals surface area (Å²) in [5.74, 6) is 1.33. The Hall–Kier alpha value is -1.35. The average Bonchev–Trinajstić information content (AvgIpc) is 2.48. The highest BCUT2D eigenvalue weighted by Crippen LogP contribution is 2.61. The molecular weight excluding hydrogens is 288 g/mol. The van der Waals surface area contributed by atoms with Crippen LogP contribution < -0.4 is 0 Å². The third-order valence-electron chi connectivity index (χ3n) is 6.07. The lowest BCUT2D eigenvalue weighted by atomic mass is 9.45. The third kappa shape index (κ3) is 3.30. The first kappa shape index (κ1) is 16.5. The van der Waals surface area contributed by atoms with Crippen LogP contribution >= 0.6 is 0 Å². The molecular formula is C20H28O3. The van der Waals surface area contributed by atoms with Gasteiger partial charge >= 0.3 is 5.97 Å². The molecule has 0 aliphatic heterocycles. The fraction of sp³-hybridized carbons (Fsp3) is 0.650. The summed E-state index contributed by atoms with van der Waals surface area (Å²) < 4.78 is 5.87. The second kappa shape index (κ2) is 6.27. The van der Waals surface area contributed by atoms with Gasteiger partial charge in [-0.2, -0.15) is 0 Å². The van der Waals surface area contributed by atoms with Crippen molar-refractivity contribution in [2.75, 3.05) is 0 Å². The summed E-state index contributed by atoms with van der Waals surface area (Å²) in [4.78, 5) is 12.1. The number of carbonyl (C=O) groups is 1. The Bertz CT molecular complexity index is 549. The molecule has 3 nitrogen and oxygen atoms in total. The standard InChI is InChI=1S/C20H28O3/c1-13(21)9-18(22)23-19-15(10-14-7-5-4-6-8-14)11-16-12-17(19)20(16,2)3/h4-8,13,15-17,19,21H,9-12H2,1-3H3/t13-,15+,16-,17-,19+/m0/s1. The van der Waals surface area contributed by atoms with Crippen molar-refractivity contribution in [2.24, 2.45) is 23.2 Å². The number of ether oxygens (including phenoxy) is 1. The summed E-state index contributed by atoms with van der Waals surface area (Å²) in [6, 6.07) is 10.5. The number of benzene rings is 1. The number of fused-ring (bicyclic) bond motifs is 2. The predicted octanol–water partition coefficient (Wildman–Crippen LogP) is 3.59. The van der Waals surface area contributed by atoms with Crippen LogP contribution in [-0.4, -0.2) is 23.3 Å². The largest absolute Gasteiger partial charge is 0.462 e. The normalized spacial score (nSPS) is 32.7. The molecule has 4 rings (SSSR count). The van der Waals surface area contributed by atoms with Gasteiger partial charge in [-0.3, -0.25) is 4.79 Å². The SMILES string of the molecule is C[C@H](O)CC(=O)O[C@@H]1[C@H](Cc2ccccc2)C[C@H]2C[C@@H]1C2(C)C. The van der Waals surface area contributed by atoms with E-state index in [-0.39, 0.29) is 23.9 Å². The minimum atomic E-state index is -0.638. The van der Waals surface area contributed by atoms with Gasteiger partial charge < -0.3 is 9.84 Å². The Labute approximate surface area is 139 Å². The second-order valence-corrected chi connectivity index (χ2v) is 8.05. The van der Waals surface area contributed by atoms with Crippen LogP contribution in [0.3, 0.4) is 0 Å². The predicted molar refractivity (Wildman–Crippen MR) is 89.8 cm³/mol. The van der Waals surface area contributed by atoms with Crippen molar-refractivity contribution in [3.8, 4) is 0 Å². The highest BCUT2D eigenvalue weighted by molar-refractivity contribution is 5.70. The number of esters is 1. The van der Waals surface area contributed by atoms with E-state index in [4.69, 9.17) is 4.74 Å². The van der Waals surface area contributed by atoms with Crippen molar-refractivity contribution in [3.63, 3.8) is 0 Å². The first-order chi connectivity index (χ1) is 10.9. The third-order valence-corrected chi connectivity index (χ3v) is 6.07. The van der Waals surface area contributed by atoms with Crippen LogP contribution in [0.1, 0.15) is 45.6 Å². The number of aliphatic hydroxyl groups is 1. The summed E-state index contributed by atoms with van der Waals surface area (Å²) in [6.45, 7) is 6.24. The summed E-state index contributed by atoms with van der Waals surface area (Å²) in [7, 11) is 0. The van der Waals surface area contributed by atoms with Gasteiger partial charge in [0.2, 0.25) is 0 Å². The van der Waals surface area contributed by atoms with Crippen molar-refractivity contribution in [3.05, 3.63) is 35.9 Å². The monoisotopic (exact) mass is 316 g/mol. The number of hydrogen-bond donors (Lipinski definition) is 1. The molecule has 3 aliphatic rings. The molecule has 1 aromatic carbocycles. The lowest BCUT2D eigenvalue weighted by molar-refractivity contribution is -0.199. The molecule has 0 radical (unpaired) electrons. The number of rotatable bonds is 5. The second-order valence-electron chi connectivity index (χ2n) is 8.05. The maximum absolute atomic E-state index is 12.1. The zero-order chi connectivity index (χ0) is 16.6. The maximum Gasteiger partial charge on any atom is 0.308 e. The van der Waals surface area contributed by atoms with E-state index in [1.807, 2.05) is 6.07 Å². The van der Waals surface area contributed by atoms with Crippen LogP contribution in [0.25, 0.3) is 0 Å². The molecule has 3 heteroatoms. The number of hydrogen-bond acceptors (Lipinski definition) is 3. The molecule has 0 heterocycles. The summed E-state index contributed by atoms with van der Waals surface area (Å²) in [5.41, 5.74) is 1.58. The van der Waals surface area contributed by atoms with E-state index in [9.17, 15) is 9.90 Å². The Morgan fingerprint density at radius 3 is 2.61 bits per heavy atom. The van der Waals surface area contributed by atoms with Crippen LogP contribution in [-0.2, 0) is 16.0 Å². The summed E-state index contributed by atoms with van der Waals surface area (Å²) >= 11 is 0. The van der Waals surface area contributed by atoms with E-state index < -0.39 is 6.10 Å². The fourth-order valence-electron chi connectivity index (χ4n) is 4.58. The molecule has 126 valence electrons. The van der Waals surface area contributed by atoms with Crippen molar-refractivity contribution in [2.45, 2.75) is 58.7 Å². The maximum atomic E-state index is 12.1. The molecule has 0 amide bonds. The zero-order valence-electron chi connectivity index (χ0n) is 14.4. The molecule has 5 atom stereocenters. The van der Waals surface area contributed by atoms with Crippen molar-refractivity contribution in [1.82, 2.24) is 0 Å². The lowest BCUT2D eigenvalue weighted by Crippen LogP contribution is -2.59. The zero-order valence-corrected chi connectivity index (χ0v) is 14.4. The van der Waals surface area contributed by atoms with Crippen LogP contribution in [0.4, 0.5) is 0 Å². The van der Waals surface area contributed by atoms with Crippen LogP contribution in [0.5, 0.6) is 0 Å². The molecule has 0 saturated heterocycles. The topological polar surface area (TPSA) is 46.5 Å². The minimum Gasteiger partial charge on any atom is -0.462 e. The van der Waals surface area contributed by atoms with Crippen molar-refractivity contribution < 1.29 is 14.6 Å². The molecule has 0 unspecified atom stereocenters. The quantitative estimate of drug-likeness (QED) is 0.844. The van der Waals surface area contributed by atoms with E-state index in [0.29, 0.717) is 11.8 Å². The number of carbonyl (C=O) groups excluding carboxylic acids is 1. The van der Waals surface area contributed by atoms with Gasteiger partial charge in [0.15, 0.2) is 0 Å². The van der Waals surface area contributed by atoms with E-state index in [2.05, 4.69) is 38.1 Å². The van der Waals surface area contributed by atoms with Crippen LogP contribution in [0, 0.1) is 23.2 Å². The molecule has 3 fully saturated rings. The van der Waals surface area contributed by atoms with Crippen LogP contribution in [0.15, 0.2) is 30.3 Å². The minimum absolute atomic E-state index is 0.0125. The molecule has 1 aromatic rings. The average molecular weight is 316 g/mol. The molecule has 3 saturated carbocycles. The summed E-state index contributed by atoms with van der Waals surface area (Å²) in [6.07, 6.45) is 2.71. The van der Waals surface area contributed by atoms with Gasteiger partial charge in [0.1, 0.15) is 6.10 Å². The van der Waals surface area contributed by atoms with E-state index in [1.165, 1.54) is 12.0 Å². The van der Waals surface area contributed by atoms with Crippen molar-refractivity contribution >= 4 is 5.97 Å². The molecule has 1 N–H and O–H groups in total. The molecule has 0 aromatic heterocycles. The van der Waals surface area contributed by atoms with Gasteiger partial charge in [-0.25, -0.2) is 0 Å². The smallest absolute Gasteiger partial charge is 0.308 e. The number of aliphatic hydroxyl groups excluding tert-OH is 1. The van der Waals surface area contributed by atoms with Gasteiger partial charge in [0.25, 0.3) is 0 Å². The van der Waals surface area contributed by atoms with E-state index in [1.54, 1.807) is 6.92 Å². The lowest BCUT2D eigenvalue weighted by Gasteiger charge is -2.61. The highest BCUT2D eigenvalue weighted by atomic mass is 16.5. The Kier molecular flexibility index (Phi) is 4.50. The van der Waals surface area contributed by atoms with Crippen molar-refractivity contribution in [1.29, 1.82) is 0 Å². The van der Waals surface area contributed by atoms with Gasteiger partial charge in [-0.1, -0.05) is 44.2 Å². The van der Waals surface area contributed by atoms with Gasteiger partial charge in [-0.05, 0) is 43.1 Å². The molecule has 3 aliphatic carbocycles. The van der Waals surface area contributed by atoms with Gasteiger partial charge in [0, 0.05) is 11.8 Å². The van der Waals surface area contributed by atoms with E-state index in [0.717, 1.165) is 18.8 Å². The summed E-state index contributed by atoms with van der Waals surface area (Å²) in [5, 5.41) is 9.43. The Balaban J connectivity index is 1.73. The molecule has 0 spiro atoms. The highest BCUT2D eigenvalue weighted by Gasteiger charge is 2.59.